The number of hydrogen-bond donors (Lipinski definition) is 0. The van der Waals surface area contributed by atoms with Gasteiger partial charge in [-0.25, -0.2) is 0 Å². The Kier molecular flexibility index (Phi) is 4.48. The third-order valence-electron chi connectivity index (χ3n) is 1.72. The fourth-order valence-corrected chi connectivity index (χ4v) is 2.03. The Balaban J connectivity index is 3.08. The normalized spacial score (nSPS) is 11.5. The van der Waals surface area contributed by atoms with Gasteiger partial charge in [-0.05, 0) is 56.0 Å². The fraction of sp³-hybridized carbons (Fsp3) is 0.200. The van der Waals surface area contributed by atoms with Gasteiger partial charge >= 0.3 is 0 Å². The first-order valence-electron chi connectivity index (χ1n) is 4.14. The molecule has 14 heavy (non-hydrogen) atoms. The zero-order chi connectivity index (χ0) is 10.6. The molecule has 0 aliphatic rings. The fourth-order valence-electron chi connectivity index (χ4n) is 0.926. The molecule has 0 bridgehead atoms. The molecule has 0 amide bonds. The summed E-state index contributed by atoms with van der Waals surface area (Å²) in [5.74, 6) is 0. The lowest BCUT2D eigenvalue weighted by atomic mass is 10.2. The van der Waals surface area contributed by atoms with Crippen LogP contribution in [0.25, 0.3) is 6.08 Å². The summed E-state index contributed by atoms with van der Waals surface area (Å²) in [5.41, 5.74) is 1.51. The van der Waals surface area contributed by atoms with Gasteiger partial charge in [-0.2, -0.15) is 0 Å². The number of carbonyl (C=O) groups is 1. The molecule has 0 radical (unpaired) electrons. The van der Waals surface area contributed by atoms with Crippen LogP contribution in [0.1, 0.15) is 19.0 Å². The van der Waals surface area contributed by atoms with Crippen LogP contribution in [0.5, 0.6) is 0 Å². The van der Waals surface area contributed by atoms with Gasteiger partial charge in [-0.3, -0.25) is 9.78 Å². The van der Waals surface area contributed by atoms with Crippen molar-refractivity contribution in [3.63, 3.8) is 0 Å². The average molecular weight is 319 g/mol. The molecule has 0 saturated heterocycles. The lowest BCUT2D eigenvalue weighted by molar-refractivity contribution is -0.104. The molecule has 74 valence electrons. The average Bonchev–Trinajstić information content (AvgIpc) is 2.17. The van der Waals surface area contributed by atoms with Gasteiger partial charge in [-0.1, -0.05) is 6.92 Å². The Morgan fingerprint density at radius 1 is 1.57 bits per heavy atom. The number of nitrogens with zero attached hydrogens (tertiary/aromatic N) is 1. The van der Waals surface area contributed by atoms with E-state index in [-0.39, 0.29) is 0 Å². The summed E-state index contributed by atoms with van der Waals surface area (Å²) in [6.45, 7) is 1.94. The standard InChI is InChI=1S/C10H9Br2NO/c1-2-7(6-14)3-10-9(12)4-8(11)5-13-10/h3-6H,2H2,1H3/b7-3+. The molecule has 2 nitrogen and oxygen atoms in total. The smallest absolute Gasteiger partial charge is 0.146 e. The van der Waals surface area contributed by atoms with Crippen molar-refractivity contribution in [2.75, 3.05) is 0 Å². The zero-order valence-corrected chi connectivity index (χ0v) is 10.8. The van der Waals surface area contributed by atoms with Crippen LogP contribution in [0.15, 0.2) is 26.8 Å². The first kappa shape index (κ1) is 11.6. The van der Waals surface area contributed by atoms with Gasteiger partial charge in [0.1, 0.15) is 6.29 Å². The van der Waals surface area contributed by atoms with Gasteiger partial charge in [-0.15, -0.1) is 0 Å². The molecule has 0 N–H and O–H groups in total. The highest BCUT2D eigenvalue weighted by molar-refractivity contribution is 9.11. The van der Waals surface area contributed by atoms with Crippen LogP contribution in [0.4, 0.5) is 0 Å². The van der Waals surface area contributed by atoms with Gasteiger partial charge in [0.15, 0.2) is 0 Å². The van der Waals surface area contributed by atoms with Crippen LogP contribution in [0, 0.1) is 0 Å². The van der Waals surface area contributed by atoms with Crippen LogP contribution in [0.2, 0.25) is 0 Å². The summed E-state index contributed by atoms with van der Waals surface area (Å²) in [5, 5.41) is 0. The highest BCUT2D eigenvalue weighted by Gasteiger charge is 2.00. The molecule has 0 saturated carbocycles. The van der Waals surface area contributed by atoms with E-state index in [9.17, 15) is 4.79 Å². The number of carbonyl (C=O) groups excluding carboxylic acids is 1. The van der Waals surface area contributed by atoms with E-state index in [4.69, 9.17) is 0 Å². The second-order valence-corrected chi connectivity index (χ2v) is 4.48. The third-order valence-corrected chi connectivity index (χ3v) is 2.79. The number of allylic oxidation sites excluding steroid dienone is 1. The number of hydrogen-bond acceptors (Lipinski definition) is 2. The molecule has 0 atom stereocenters. The summed E-state index contributed by atoms with van der Waals surface area (Å²) < 4.78 is 1.78. The van der Waals surface area contributed by atoms with E-state index >= 15 is 0 Å². The van der Waals surface area contributed by atoms with Gasteiger partial charge in [0.2, 0.25) is 0 Å². The minimum atomic E-state index is 0.716. The Morgan fingerprint density at radius 2 is 2.29 bits per heavy atom. The molecular weight excluding hydrogens is 310 g/mol. The number of rotatable bonds is 3. The maximum atomic E-state index is 10.6. The first-order valence-corrected chi connectivity index (χ1v) is 5.72. The van der Waals surface area contributed by atoms with Crippen molar-refractivity contribution in [1.82, 2.24) is 4.98 Å². The van der Waals surface area contributed by atoms with E-state index in [1.54, 1.807) is 12.3 Å². The summed E-state index contributed by atoms with van der Waals surface area (Å²) in [6, 6.07) is 1.90. The maximum Gasteiger partial charge on any atom is 0.146 e. The molecule has 0 fully saturated rings. The molecule has 1 rings (SSSR count). The minimum absolute atomic E-state index is 0.716. The lowest BCUT2D eigenvalue weighted by Gasteiger charge is -1.99. The van der Waals surface area contributed by atoms with Crippen molar-refractivity contribution < 1.29 is 4.79 Å². The molecule has 1 aromatic heterocycles. The summed E-state index contributed by atoms with van der Waals surface area (Å²) >= 11 is 6.69. The number of aromatic nitrogens is 1. The monoisotopic (exact) mass is 317 g/mol. The molecule has 0 aliphatic carbocycles. The van der Waals surface area contributed by atoms with Gasteiger partial charge in [0.25, 0.3) is 0 Å². The molecule has 0 spiro atoms. The summed E-state index contributed by atoms with van der Waals surface area (Å²) in [4.78, 5) is 14.8. The predicted octanol–water partition coefficient (Wildman–Crippen LogP) is 3.60. The Labute approximate surface area is 99.7 Å². The molecular formula is C10H9Br2NO. The Morgan fingerprint density at radius 3 is 2.79 bits per heavy atom. The maximum absolute atomic E-state index is 10.6. The quantitative estimate of drug-likeness (QED) is 0.629. The largest absolute Gasteiger partial charge is 0.298 e. The van der Waals surface area contributed by atoms with Crippen molar-refractivity contribution >= 4 is 44.2 Å². The minimum Gasteiger partial charge on any atom is -0.298 e. The van der Waals surface area contributed by atoms with Crippen molar-refractivity contribution in [3.8, 4) is 0 Å². The molecule has 4 heteroatoms. The van der Waals surface area contributed by atoms with Crippen molar-refractivity contribution in [2.24, 2.45) is 0 Å². The van der Waals surface area contributed by atoms with E-state index in [0.29, 0.717) is 6.42 Å². The van der Waals surface area contributed by atoms with Crippen LogP contribution < -0.4 is 0 Å². The number of pyridine rings is 1. The van der Waals surface area contributed by atoms with Gasteiger partial charge < -0.3 is 0 Å². The first-order chi connectivity index (χ1) is 6.67. The SMILES string of the molecule is CC/C(C=O)=C\c1ncc(Br)cc1Br. The highest BCUT2D eigenvalue weighted by Crippen LogP contribution is 2.21. The summed E-state index contributed by atoms with van der Waals surface area (Å²) in [6.07, 6.45) is 5.06. The van der Waals surface area contributed by atoms with Crippen LogP contribution in [-0.4, -0.2) is 11.3 Å². The van der Waals surface area contributed by atoms with Crippen molar-refractivity contribution in [2.45, 2.75) is 13.3 Å². The molecule has 0 aromatic carbocycles. The number of aldehydes is 1. The summed E-state index contributed by atoms with van der Waals surface area (Å²) in [7, 11) is 0. The van der Waals surface area contributed by atoms with Crippen LogP contribution >= 0.6 is 31.9 Å². The van der Waals surface area contributed by atoms with Gasteiger partial charge in [0, 0.05) is 15.1 Å². The van der Waals surface area contributed by atoms with E-state index in [1.807, 2.05) is 13.0 Å². The Bertz CT molecular complexity index is 374. The predicted molar refractivity (Wildman–Crippen MR) is 64.0 cm³/mol. The van der Waals surface area contributed by atoms with Crippen LogP contribution in [0.3, 0.4) is 0 Å². The second-order valence-electron chi connectivity index (χ2n) is 2.71. The zero-order valence-electron chi connectivity index (χ0n) is 7.63. The Hall–Kier alpha value is -0.480. The molecule has 1 aromatic rings. The van der Waals surface area contributed by atoms with Crippen LogP contribution in [-0.2, 0) is 4.79 Å². The lowest BCUT2D eigenvalue weighted by Crippen LogP contribution is -1.87. The highest BCUT2D eigenvalue weighted by atomic mass is 79.9. The van der Waals surface area contributed by atoms with Gasteiger partial charge in [0.05, 0.1) is 5.69 Å². The topological polar surface area (TPSA) is 30.0 Å². The third kappa shape index (κ3) is 3.03. The van der Waals surface area contributed by atoms with Crippen molar-refractivity contribution in [1.29, 1.82) is 0 Å². The molecule has 1 heterocycles. The molecule has 0 aliphatic heterocycles. The van der Waals surface area contributed by atoms with E-state index in [2.05, 4.69) is 36.8 Å². The van der Waals surface area contributed by atoms with E-state index < -0.39 is 0 Å². The molecule has 0 unspecified atom stereocenters. The van der Waals surface area contributed by atoms with E-state index in [1.165, 1.54) is 0 Å². The second kappa shape index (κ2) is 5.41. The number of halogens is 2. The van der Waals surface area contributed by atoms with E-state index in [0.717, 1.165) is 26.5 Å². The van der Waals surface area contributed by atoms with Crippen molar-refractivity contribution in [3.05, 3.63) is 32.5 Å².